The minimum atomic E-state index is -0.532. The maximum Gasteiger partial charge on any atom is 0.0896 e. The number of aromatic nitrogens is 2. The van der Waals surface area contributed by atoms with Crippen molar-refractivity contribution >= 4 is 0 Å². The average Bonchev–Trinajstić information content (AvgIpc) is 3.24. The average molecular weight is 368 g/mol. The topological polar surface area (TPSA) is 37.9 Å². The molecule has 0 radical (unpaired) electrons. The molecule has 0 unspecified atom stereocenters. The maximum atomic E-state index is 5.76. The van der Waals surface area contributed by atoms with E-state index in [1.165, 1.54) is 16.7 Å². The maximum absolute atomic E-state index is 5.76. The van der Waals surface area contributed by atoms with E-state index in [1.54, 1.807) is 0 Å². The van der Waals surface area contributed by atoms with Crippen molar-refractivity contribution in [2.75, 3.05) is 6.61 Å². The van der Waals surface area contributed by atoms with E-state index in [4.69, 9.17) is 9.84 Å². The molecule has 0 saturated carbocycles. The van der Waals surface area contributed by atoms with Gasteiger partial charge in [-0.15, -0.1) is 0 Å². The van der Waals surface area contributed by atoms with Crippen molar-refractivity contribution in [2.24, 2.45) is 0 Å². The number of rotatable bonds is 7. The van der Waals surface area contributed by atoms with Crippen LogP contribution in [-0.4, -0.2) is 16.8 Å². The molecule has 1 N–H and O–H groups in total. The number of ether oxygens (including phenoxy) is 1. The van der Waals surface area contributed by atoms with Crippen molar-refractivity contribution in [1.29, 1.82) is 0 Å². The van der Waals surface area contributed by atoms with Crippen molar-refractivity contribution in [1.82, 2.24) is 10.2 Å². The molecule has 1 heterocycles. The van der Waals surface area contributed by atoms with Crippen LogP contribution in [0.5, 0.6) is 0 Å². The quantitative estimate of drug-likeness (QED) is 0.448. The molecule has 0 aliphatic carbocycles. The first-order chi connectivity index (χ1) is 13.9. The Morgan fingerprint density at radius 2 is 1.21 bits per heavy atom. The first-order valence-corrected chi connectivity index (χ1v) is 9.64. The van der Waals surface area contributed by atoms with E-state index in [2.05, 4.69) is 96.1 Å². The highest BCUT2D eigenvalue weighted by Crippen LogP contribution is 2.45. The second-order valence-corrected chi connectivity index (χ2v) is 6.74. The molecule has 0 amide bonds. The predicted molar refractivity (Wildman–Crippen MR) is 112 cm³/mol. The number of hydrogen-bond donors (Lipinski definition) is 1. The van der Waals surface area contributed by atoms with Gasteiger partial charge < -0.3 is 4.74 Å². The number of benzene rings is 3. The first kappa shape index (κ1) is 18.2. The van der Waals surface area contributed by atoms with Crippen LogP contribution in [0.15, 0.2) is 97.2 Å². The number of aromatic amines is 1. The summed E-state index contributed by atoms with van der Waals surface area (Å²) in [5.41, 5.74) is 5.05. The fourth-order valence-corrected chi connectivity index (χ4v) is 3.94. The Morgan fingerprint density at radius 1 is 0.750 bits per heavy atom. The van der Waals surface area contributed by atoms with E-state index in [1.807, 2.05) is 13.1 Å². The van der Waals surface area contributed by atoms with Crippen LogP contribution in [0.1, 0.15) is 34.9 Å². The fraction of sp³-hybridized carbons (Fsp3) is 0.160. The van der Waals surface area contributed by atoms with Gasteiger partial charge in [0.05, 0.1) is 17.7 Å². The van der Waals surface area contributed by atoms with Crippen molar-refractivity contribution in [3.05, 3.63) is 125 Å². The smallest absolute Gasteiger partial charge is 0.0896 e. The number of nitrogens with zero attached hydrogens (tertiary/aromatic N) is 1. The third kappa shape index (κ3) is 3.14. The minimum absolute atomic E-state index is 0.524. The van der Waals surface area contributed by atoms with E-state index < -0.39 is 5.41 Å². The summed E-state index contributed by atoms with van der Waals surface area (Å²) in [5, 5.41) is 7.86. The van der Waals surface area contributed by atoms with Crippen LogP contribution in [0.2, 0.25) is 0 Å². The molecule has 1 aromatic heterocycles. The molecule has 0 aliphatic heterocycles. The summed E-state index contributed by atoms with van der Waals surface area (Å²) in [4.78, 5) is 0. The lowest BCUT2D eigenvalue weighted by atomic mass is 9.66. The van der Waals surface area contributed by atoms with Gasteiger partial charge in [-0.05, 0) is 23.6 Å². The predicted octanol–water partition coefficient (Wildman–Crippen LogP) is 5.33. The molecule has 0 bridgehead atoms. The second kappa shape index (κ2) is 8.24. The van der Waals surface area contributed by atoms with Gasteiger partial charge in [-0.2, -0.15) is 5.10 Å². The number of nitrogens with one attached hydrogen (secondary N) is 1. The van der Waals surface area contributed by atoms with Crippen molar-refractivity contribution in [2.45, 2.75) is 18.9 Å². The molecule has 3 aromatic carbocycles. The number of hydrogen-bond acceptors (Lipinski definition) is 2. The van der Waals surface area contributed by atoms with E-state index >= 15 is 0 Å². The summed E-state index contributed by atoms with van der Waals surface area (Å²) in [6.45, 7) is 3.20. The molecule has 140 valence electrons. The Hall–Kier alpha value is -3.17. The van der Waals surface area contributed by atoms with Crippen LogP contribution in [0.3, 0.4) is 0 Å². The van der Waals surface area contributed by atoms with E-state index in [0.29, 0.717) is 13.2 Å². The molecule has 0 fully saturated rings. The van der Waals surface area contributed by atoms with Crippen LogP contribution in [-0.2, 0) is 16.8 Å². The lowest BCUT2D eigenvalue weighted by molar-refractivity contribution is 0.133. The Labute approximate surface area is 166 Å². The molecule has 3 nitrogen and oxygen atoms in total. The SMILES string of the molecule is CCOCc1c[nH]nc1C(c1ccccc1)(c1ccccc1)c1ccccc1. The van der Waals surface area contributed by atoms with Crippen LogP contribution < -0.4 is 0 Å². The molecule has 0 aliphatic rings. The Kier molecular flexibility index (Phi) is 5.36. The van der Waals surface area contributed by atoms with E-state index in [-0.39, 0.29) is 0 Å². The van der Waals surface area contributed by atoms with Crippen LogP contribution >= 0.6 is 0 Å². The largest absolute Gasteiger partial charge is 0.377 e. The third-order valence-electron chi connectivity index (χ3n) is 5.16. The van der Waals surface area contributed by atoms with E-state index in [0.717, 1.165) is 11.3 Å². The van der Waals surface area contributed by atoms with Crippen LogP contribution in [0.25, 0.3) is 0 Å². The summed E-state index contributed by atoms with van der Waals surface area (Å²) >= 11 is 0. The zero-order chi connectivity index (χ0) is 19.2. The Morgan fingerprint density at radius 3 is 1.64 bits per heavy atom. The summed E-state index contributed by atoms with van der Waals surface area (Å²) < 4.78 is 5.76. The van der Waals surface area contributed by atoms with E-state index in [9.17, 15) is 0 Å². The van der Waals surface area contributed by atoms with Gasteiger partial charge in [0.15, 0.2) is 0 Å². The molecule has 3 heteroatoms. The summed E-state index contributed by atoms with van der Waals surface area (Å²) in [5.74, 6) is 0. The van der Waals surface area contributed by atoms with Gasteiger partial charge in [0.2, 0.25) is 0 Å². The normalized spacial score (nSPS) is 11.5. The lowest BCUT2D eigenvalue weighted by Crippen LogP contribution is -2.32. The van der Waals surface area contributed by atoms with Gasteiger partial charge in [-0.1, -0.05) is 91.0 Å². The van der Waals surface area contributed by atoms with Gasteiger partial charge in [0.25, 0.3) is 0 Å². The van der Waals surface area contributed by atoms with Gasteiger partial charge in [-0.3, -0.25) is 5.10 Å². The van der Waals surface area contributed by atoms with Gasteiger partial charge in [0.1, 0.15) is 0 Å². The molecular weight excluding hydrogens is 344 g/mol. The standard InChI is InChI=1S/C25H24N2O/c1-2-28-19-20-18-26-27-24(20)25(21-12-6-3-7-13-21,22-14-8-4-9-15-22)23-16-10-5-11-17-23/h3-18H,2,19H2,1H3,(H,26,27). The van der Waals surface area contributed by atoms with Crippen molar-refractivity contribution < 1.29 is 4.74 Å². The number of H-pyrrole nitrogens is 1. The Bertz CT molecular complexity index is 898. The third-order valence-corrected chi connectivity index (χ3v) is 5.16. The Balaban J connectivity index is 2.07. The molecule has 4 rings (SSSR count). The summed E-state index contributed by atoms with van der Waals surface area (Å²) in [6, 6.07) is 31.8. The van der Waals surface area contributed by atoms with Crippen LogP contribution in [0.4, 0.5) is 0 Å². The molecule has 0 spiro atoms. The zero-order valence-corrected chi connectivity index (χ0v) is 16.0. The highest BCUT2D eigenvalue weighted by molar-refractivity contribution is 5.59. The van der Waals surface area contributed by atoms with Gasteiger partial charge in [-0.25, -0.2) is 0 Å². The van der Waals surface area contributed by atoms with Gasteiger partial charge in [0, 0.05) is 18.4 Å². The zero-order valence-electron chi connectivity index (χ0n) is 16.0. The minimum Gasteiger partial charge on any atom is -0.377 e. The lowest BCUT2D eigenvalue weighted by Gasteiger charge is -2.35. The summed E-state index contributed by atoms with van der Waals surface area (Å²) in [7, 11) is 0. The highest BCUT2D eigenvalue weighted by Gasteiger charge is 2.41. The fourth-order valence-electron chi connectivity index (χ4n) is 3.94. The molecule has 0 saturated heterocycles. The van der Waals surface area contributed by atoms with Crippen molar-refractivity contribution in [3.8, 4) is 0 Å². The highest BCUT2D eigenvalue weighted by atomic mass is 16.5. The first-order valence-electron chi connectivity index (χ1n) is 9.64. The molecule has 28 heavy (non-hydrogen) atoms. The van der Waals surface area contributed by atoms with Crippen LogP contribution in [0, 0.1) is 0 Å². The second-order valence-electron chi connectivity index (χ2n) is 6.74. The van der Waals surface area contributed by atoms with Gasteiger partial charge >= 0.3 is 0 Å². The summed E-state index contributed by atoms with van der Waals surface area (Å²) in [6.07, 6.45) is 1.95. The molecular formula is C25H24N2O. The monoisotopic (exact) mass is 368 g/mol. The van der Waals surface area contributed by atoms with Crippen molar-refractivity contribution in [3.63, 3.8) is 0 Å². The molecule has 4 aromatic rings. The molecule has 0 atom stereocenters.